The van der Waals surface area contributed by atoms with Crippen molar-refractivity contribution in [1.29, 1.82) is 0 Å². The lowest BCUT2D eigenvalue weighted by Gasteiger charge is -2.06. The smallest absolute Gasteiger partial charge is 0.270 e. The minimum absolute atomic E-state index is 0.0346. The molecule has 136 valence electrons. The number of benzene rings is 1. The van der Waals surface area contributed by atoms with Crippen molar-refractivity contribution in [3.05, 3.63) is 78.7 Å². The van der Waals surface area contributed by atoms with E-state index in [2.05, 4.69) is 4.72 Å². The zero-order valence-electron chi connectivity index (χ0n) is 13.2. The second-order valence-electron chi connectivity index (χ2n) is 5.30. The van der Waals surface area contributed by atoms with Gasteiger partial charge in [-0.25, -0.2) is 13.1 Å². The third-order valence-corrected chi connectivity index (χ3v) is 7.00. The van der Waals surface area contributed by atoms with E-state index in [-0.39, 0.29) is 17.1 Å². The molecule has 2 aromatic heterocycles. The summed E-state index contributed by atoms with van der Waals surface area (Å²) in [6.45, 7) is 0.0346. The number of nitrogens with one attached hydrogen (secondary N) is 1. The zero-order chi connectivity index (χ0) is 18.7. The summed E-state index contributed by atoms with van der Waals surface area (Å²) in [7, 11) is -3.88. The van der Waals surface area contributed by atoms with Gasteiger partial charge in [-0.2, -0.15) is 0 Å². The molecule has 0 aliphatic rings. The Morgan fingerprint density at radius 3 is 2.65 bits per heavy atom. The van der Waals surface area contributed by atoms with Crippen LogP contribution >= 0.6 is 22.7 Å². The SMILES string of the molecule is O=[N+]([O-])c1cccc(S(=O)(=O)NCc2ccc(C(O)c3cccs3)s2)c1. The highest BCUT2D eigenvalue weighted by Gasteiger charge is 2.19. The molecule has 0 bridgehead atoms. The van der Waals surface area contributed by atoms with E-state index in [0.717, 1.165) is 20.7 Å². The lowest BCUT2D eigenvalue weighted by molar-refractivity contribution is -0.385. The van der Waals surface area contributed by atoms with Gasteiger partial charge in [0, 0.05) is 33.3 Å². The van der Waals surface area contributed by atoms with Gasteiger partial charge in [0.05, 0.1) is 9.82 Å². The van der Waals surface area contributed by atoms with Crippen molar-refractivity contribution in [2.75, 3.05) is 0 Å². The van der Waals surface area contributed by atoms with E-state index >= 15 is 0 Å². The van der Waals surface area contributed by atoms with Crippen molar-refractivity contribution in [2.45, 2.75) is 17.5 Å². The van der Waals surface area contributed by atoms with Gasteiger partial charge in [-0.15, -0.1) is 22.7 Å². The first-order valence-corrected chi connectivity index (χ1v) is 10.6. The Bertz CT molecular complexity index is 1010. The van der Waals surface area contributed by atoms with Crippen LogP contribution in [0.25, 0.3) is 0 Å². The Kier molecular flexibility index (Phi) is 5.49. The standard InChI is InChI=1S/C16H14N2O5S3/c19-16(14-5-2-8-24-14)15-7-6-12(25-15)10-17-26(22,23)13-4-1-3-11(9-13)18(20)21/h1-9,16-17,19H,10H2. The molecule has 0 amide bonds. The van der Waals surface area contributed by atoms with Crippen LogP contribution in [0.1, 0.15) is 20.7 Å². The first kappa shape index (κ1) is 18.7. The van der Waals surface area contributed by atoms with Crippen LogP contribution < -0.4 is 4.72 Å². The third-order valence-electron chi connectivity index (χ3n) is 3.54. The zero-order valence-corrected chi connectivity index (χ0v) is 15.7. The predicted molar refractivity (Wildman–Crippen MR) is 99.8 cm³/mol. The number of nitro groups is 1. The van der Waals surface area contributed by atoms with Crippen LogP contribution in [-0.2, 0) is 16.6 Å². The number of hydrogen-bond donors (Lipinski definition) is 2. The second kappa shape index (κ2) is 7.64. The topological polar surface area (TPSA) is 110 Å². The highest BCUT2D eigenvalue weighted by molar-refractivity contribution is 7.89. The summed E-state index contributed by atoms with van der Waals surface area (Å²) in [6.07, 6.45) is -0.734. The Morgan fingerprint density at radius 2 is 1.96 bits per heavy atom. The summed E-state index contributed by atoms with van der Waals surface area (Å²) in [5.74, 6) is 0. The minimum Gasteiger partial charge on any atom is -0.382 e. The fraction of sp³-hybridized carbons (Fsp3) is 0.125. The molecule has 0 saturated heterocycles. The largest absolute Gasteiger partial charge is 0.382 e. The molecule has 1 aromatic carbocycles. The second-order valence-corrected chi connectivity index (χ2v) is 9.25. The van der Waals surface area contributed by atoms with Crippen molar-refractivity contribution in [1.82, 2.24) is 4.72 Å². The summed E-state index contributed by atoms with van der Waals surface area (Å²) in [5.41, 5.74) is -0.287. The van der Waals surface area contributed by atoms with Gasteiger partial charge in [0.25, 0.3) is 5.69 Å². The Labute approximate surface area is 157 Å². The quantitative estimate of drug-likeness (QED) is 0.459. The van der Waals surface area contributed by atoms with Gasteiger partial charge in [0.1, 0.15) is 6.10 Å². The average Bonchev–Trinajstić information content (AvgIpc) is 3.31. The summed E-state index contributed by atoms with van der Waals surface area (Å²) >= 11 is 2.75. The summed E-state index contributed by atoms with van der Waals surface area (Å²) in [4.78, 5) is 12.2. The van der Waals surface area contributed by atoms with Gasteiger partial charge in [0.2, 0.25) is 10.0 Å². The van der Waals surface area contributed by atoms with Gasteiger partial charge < -0.3 is 5.11 Å². The van der Waals surface area contributed by atoms with Crippen molar-refractivity contribution >= 4 is 38.4 Å². The molecule has 7 nitrogen and oxygen atoms in total. The van der Waals surface area contributed by atoms with Crippen LogP contribution in [0.4, 0.5) is 5.69 Å². The molecule has 0 spiro atoms. The van der Waals surface area contributed by atoms with E-state index in [1.807, 2.05) is 17.5 Å². The number of nitrogens with zero attached hydrogens (tertiary/aromatic N) is 1. The van der Waals surface area contributed by atoms with E-state index in [1.54, 1.807) is 12.1 Å². The molecular formula is C16H14N2O5S3. The van der Waals surface area contributed by atoms with Crippen molar-refractivity contribution in [3.8, 4) is 0 Å². The number of non-ortho nitro benzene ring substituents is 1. The molecule has 1 atom stereocenters. The van der Waals surface area contributed by atoms with Crippen LogP contribution in [0.15, 0.2) is 58.8 Å². The van der Waals surface area contributed by atoms with Crippen LogP contribution in [0, 0.1) is 10.1 Å². The molecule has 1 unspecified atom stereocenters. The lowest BCUT2D eigenvalue weighted by atomic mass is 10.2. The molecular weight excluding hydrogens is 396 g/mol. The highest BCUT2D eigenvalue weighted by atomic mass is 32.2. The third kappa shape index (κ3) is 4.17. The molecule has 0 aliphatic carbocycles. The molecule has 0 aliphatic heterocycles. The van der Waals surface area contributed by atoms with Crippen LogP contribution in [-0.4, -0.2) is 18.4 Å². The Morgan fingerprint density at radius 1 is 1.15 bits per heavy atom. The van der Waals surface area contributed by atoms with Crippen LogP contribution in [0.2, 0.25) is 0 Å². The highest BCUT2D eigenvalue weighted by Crippen LogP contribution is 2.31. The average molecular weight is 410 g/mol. The number of nitro benzene ring substituents is 1. The molecule has 3 aromatic rings. The van der Waals surface area contributed by atoms with Crippen LogP contribution in [0.3, 0.4) is 0 Å². The molecule has 0 saturated carbocycles. The van der Waals surface area contributed by atoms with Crippen molar-refractivity contribution < 1.29 is 18.4 Å². The molecule has 0 fully saturated rings. The summed E-state index contributed by atoms with van der Waals surface area (Å²) in [5, 5.41) is 23.0. The number of hydrogen-bond acceptors (Lipinski definition) is 7. The number of aliphatic hydroxyl groups excluding tert-OH is 1. The van der Waals surface area contributed by atoms with Gasteiger partial charge >= 0.3 is 0 Å². The molecule has 3 rings (SSSR count). The van der Waals surface area contributed by atoms with Crippen molar-refractivity contribution in [3.63, 3.8) is 0 Å². The molecule has 10 heteroatoms. The number of aliphatic hydroxyl groups is 1. The molecule has 2 heterocycles. The monoisotopic (exact) mass is 410 g/mol. The molecule has 0 radical (unpaired) electrons. The summed E-state index contributed by atoms with van der Waals surface area (Å²) < 4.78 is 27.1. The van der Waals surface area contributed by atoms with Crippen LogP contribution in [0.5, 0.6) is 0 Å². The normalized spacial score (nSPS) is 12.8. The summed E-state index contributed by atoms with van der Waals surface area (Å²) in [6, 6.07) is 12.1. The maximum atomic E-state index is 12.3. The molecule has 2 N–H and O–H groups in total. The first-order chi connectivity index (χ1) is 12.4. The van der Waals surface area contributed by atoms with Gasteiger partial charge in [0.15, 0.2) is 0 Å². The van der Waals surface area contributed by atoms with Gasteiger partial charge in [-0.05, 0) is 29.6 Å². The Hall–Kier alpha value is -2.11. The van der Waals surface area contributed by atoms with Crippen molar-refractivity contribution in [2.24, 2.45) is 0 Å². The first-order valence-electron chi connectivity index (χ1n) is 7.41. The van der Waals surface area contributed by atoms with E-state index in [4.69, 9.17) is 0 Å². The van der Waals surface area contributed by atoms with Gasteiger partial charge in [-0.1, -0.05) is 12.1 Å². The van der Waals surface area contributed by atoms with E-state index in [1.165, 1.54) is 40.9 Å². The van der Waals surface area contributed by atoms with E-state index in [9.17, 15) is 23.6 Å². The van der Waals surface area contributed by atoms with E-state index < -0.39 is 21.1 Å². The number of rotatable bonds is 7. The predicted octanol–water partition coefficient (Wildman–Crippen LogP) is 3.28. The maximum absolute atomic E-state index is 12.3. The van der Waals surface area contributed by atoms with Gasteiger partial charge in [-0.3, -0.25) is 10.1 Å². The Balaban J connectivity index is 1.71. The molecule has 26 heavy (non-hydrogen) atoms. The maximum Gasteiger partial charge on any atom is 0.270 e. The minimum atomic E-state index is -3.88. The number of sulfonamides is 1. The lowest BCUT2D eigenvalue weighted by Crippen LogP contribution is -2.22. The number of thiophene rings is 2. The fourth-order valence-electron chi connectivity index (χ4n) is 2.24. The van der Waals surface area contributed by atoms with E-state index in [0.29, 0.717) is 0 Å². The fourth-order valence-corrected chi connectivity index (χ4v) is 5.13.